The Balaban J connectivity index is 1.16. The summed E-state index contributed by atoms with van der Waals surface area (Å²) in [5.41, 5.74) is 13.5. The molecule has 0 unspecified atom stereocenters. The molecule has 3 aromatic carbocycles. The maximum atomic E-state index is 14.3. The Morgan fingerprint density at radius 2 is 1.90 bits per heavy atom. The van der Waals surface area contributed by atoms with Gasteiger partial charge in [0.2, 0.25) is 0 Å². The minimum atomic E-state index is -0.987. The normalized spacial score (nSPS) is 12.8. The number of carboxylic acid groups (broad SMARTS) is 1. The van der Waals surface area contributed by atoms with Crippen LogP contribution in [0, 0.1) is 19.7 Å². The lowest BCUT2D eigenvalue weighted by Crippen LogP contribution is -2.09. The number of carbonyl (C=O) groups is 1. The van der Waals surface area contributed by atoms with Gasteiger partial charge in [-0.3, -0.25) is 4.68 Å². The Morgan fingerprint density at radius 1 is 1.08 bits per heavy atom. The zero-order valence-corrected chi connectivity index (χ0v) is 28.8. The highest BCUT2D eigenvalue weighted by atomic mass is 35.5. The van der Waals surface area contributed by atoms with Crippen LogP contribution in [-0.2, 0) is 45.8 Å². The summed E-state index contributed by atoms with van der Waals surface area (Å²) in [5.74, 6) is -0.606. The van der Waals surface area contributed by atoms with Gasteiger partial charge in [0.15, 0.2) is 0 Å². The monoisotopic (exact) mass is 685 g/mol. The van der Waals surface area contributed by atoms with Crippen LogP contribution in [0.2, 0.25) is 5.02 Å². The minimum Gasteiger partial charge on any atom is -0.493 e. The van der Waals surface area contributed by atoms with Crippen molar-refractivity contribution in [2.75, 3.05) is 6.61 Å². The number of aromatic carboxylic acids is 1. The third-order valence-corrected chi connectivity index (χ3v) is 10.9. The number of rotatable bonds is 11. The lowest BCUT2D eigenvalue weighted by Gasteiger charge is -2.13. The molecule has 0 bridgehead atoms. The van der Waals surface area contributed by atoms with Crippen LogP contribution in [0.1, 0.15) is 61.4 Å². The predicted octanol–water partition coefficient (Wildman–Crippen LogP) is 7.96. The van der Waals surface area contributed by atoms with Crippen molar-refractivity contribution in [2.45, 2.75) is 65.5 Å². The highest BCUT2D eigenvalue weighted by molar-refractivity contribution is 7.11. The number of nitrogens with two attached hydrogens (primary N) is 1. The van der Waals surface area contributed by atoms with Gasteiger partial charge in [-0.05, 0) is 99.2 Å². The van der Waals surface area contributed by atoms with Crippen LogP contribution in [0.4, 0.5) is 4.39 Å². The Labute approximate surface area is 286 Å². The van der Waals surface area contributed by atoms with Crippen LogP contribution < -0.4 is 10.5 Å². The van der Waals surface area contributed by atoms with E-state index in [2.05, 4.69) is 4.98 Å². The van der Waals surface area contributed by atoms with Gasteiger partial charge in [0.25, 0.3) is 0 Å². The van der Waals surface area contributed by atoms with Crippen molar-refractivity contribution in [3.05, 3.63) is 97.1 Å². The molecule has 0 atom stereocenters. The van der Waals surface area contributed by atoms with Gasteiger partial charge in [0.05, 0.1) is 28.5 Å². The molecule has 8 nitrogen and oxygen atoms in total. The predicted molar refractivity (Wildman–Crippen MR) is 189 cm³/mol. The van der Waals surface area contributed by atoms with E-state index >= 15 is 0 Å². The maximum Gasteiger partial charge on any atom is 0.352 e. The van der Waals surface area contributed by atoms with E-state index in [-0.39, 0.29) is 11.5 Å². The van der Waals surface area contributed by atoms with Gasteiger partial charge < -0.3 is 20.1 Å². The first-order valence-electron chi connectivity index (χ1n) is 16.2. The largest absolute Gasteiger partial charge is 0.493 e. The van der Waals surface area contributed by atoms with E-state index in [4.69, 9.17) is 27.2 Å². The third-order valence-electron chi connectivity index (χ3n) is 9.40. The van der Waals surface area contributed by atoms with Gasteiger partial charge in [0, 0.05) is 52.6 Å². The smallest absolute Gasteiger partial charge is 0.352 e. The van der Waals surface area contributed by atoms with Crippen molar-refractivity contribution in [3.63, 3.8) is 0 Å². The molecule has 248 valence electrons. The minimum absolute atomic E-state index is 0.244. The second kappa shape index (κ2) is 13.0. The molecule has 0 radical (unpaired) electrons. The second-order valence-electron chi connectivity index (χ2n) is 12.5. The number of carboxylic acids is 1. The molecule has 11 heteroatoms. The van der Waals surface area contributed by atoms with Crippen LogP contribution in [-0.4, -0.2) is 37.0 Å². The van der Waals surface area contributed by atoms with Gasteiger partial charge in [0.1, 0.15) is 22.3 Å². The standard InChI is InChI=1S/C37H37ClFN5O3S/c1-20-31(48-32(19-40)41-20)13-8-22-16-23-18-24(39)9-10-25(23)30(17-22)47-15-5-6-26-27-11-12-28(38)34(35(27)43(3)36(26)37(45)46)33-21(2)42-44-14-4-7-29(33)44/h9-12,16-18H,4-8,13-15,19,40H2,1-3H3,(H,45,46). The van der Waals surface area contributed by atoms with Crippen LogP contribution in [0.15, 0.2) is 42.5 Å². The fourth-order valence-electron chi connectivity index (χ4n) is 7.28. The molecule has 0 amide bonds. The van der Waals surface area contributed by atoms with Crippen LogP contribution in [0.5, 0.6) is 5.75 Å². The summed E-state index contributed by atoms with van der Waals surface area (Å²) in [6.07, 6.45) is 4.55. The van der Waals surface area contributed by atoms with E-state index < -0.39 is 5.97 Å². The number of benzene rings is 3. The van der Waals surface area contributed by atoms with Crippen molar-refractivity contribution in [1.29, 1.82) is 0 Å². The highest BCUT2D eigenvalue weighted by Gasteiger charge is 2.28. The molecule has 0 spiro atoms. The molecule has 48 heavy (non-hydrogen) atoms. The summed E-state index contributed by atoms with van der Waals surface area (Å²) >= 11 is 8.50. The first-order chi connectivity index (χ1) is 23.1. The number of ether oxygens (including phenoxy) is 1. The molecule has 4 heterocycles. The van der Waals surface area contributed by atoms with Gasteiger partial charge in [-0.1, -0.05) is 23.7 Å². The number of aryl methyl sites for hydroxylation is 7. The lowest BCUT2D eigenvalue weighted by atomic mass is 9.97. The van der Waals surface area contributed by atoms with Crippen molar-refractivity contribution < 1.29 is 19.0 Å². The Bertz CT molecular complexity index is 2220. The van der Waals surface area contributed by atoms with Crippen LogP contribution in [0.3, 0.4) is 0 Å². The van der Waals surface area contributed by atoms with Gasteiger partial charge in [-0.15, -0.1) is 11.3 Å². The number of thiazole rings is 1. The molecular formula is C37H37ClFN5O3S. The zero-order chi connectivity index (χ0) is 33.7. The quantitative estimate of drug-likeness (QED) is 0.134. The van der Waals surface area contributed by atoms with E-state index in [0.29, 0.717) is 36.8 Å². The van der Waals surface area contributed by atoms with Gasteiger partial charge >= 0.3 is 5.97 Å². The zero-order valence-electron chi connectivity index (χ0n) is 27.2. The SMILES string of the molecule is Cc1nc(CN)sc1CCc1cc(OCCCc2c(C(=O)O)n(C)c3c(-c4c(C)nn5c4CCC5)c(Cl)ccc23)c2ccc(F)cc2c1. The summed E-state index contributed by atoms with van der Waals surface area (Å²) < 4.78 is 24.5. The molecule has 0 saturated heterocycles. The topological polar surface area (TPSA) is 108 Å². The molecule has 7 rings (SSSR count). The summed E-state index contributed by atoms with van der Waals surface area (Å²) in [6, 6.07) is 12.6. The third kappa shape index (κ3) is 5.76. The molecule has 0 fully saturated rings. The molecule has 0 saturated carbocycles. The average molecular weight is 686 g/mol. The number of hydrogen-bond acceptors (Lipinski definition) is 6. The number of fused-ring (bicyclic) bond motifs is 3. The fourth-order valence-corrected chi connectivity index (χ4v) is 8.47. The lowest BCUT2D eigenvalue weighted by molar-refractivity contribution is 0.0685. The number of hydrogen-bond donors (Lipinski definition) is 2. The van der Waals surface area contributed by atoms with E-state index in [1.165, 1.54) is 17.0 Å². The molecule has 0 aliphatic carbocycles. The summed E-state index contributed by atoms with van der Waals surface area (Å²) in [4.78, 5) is 18.4. The maximum absolute atomic E-state index is 14.3. The van der Waals surface area contributed by atoms with Crippen molar-refractivity contribution in [2.24, 2.45) is 12.8 Å². The summed E-state index contributed by atoms with van der Waals surface area (Å²) in [5, 5.41) is 19.1. The van der Waals surface area contributed by atoms with Crippen molar-refractivity contribution in [1.82, 2.24) is 19.3 Å². The summed E-state index contributed by atoms with van der Waals surface area (Å²) in [7, 11) is 1.80. The average Bonchev–Trinajstić information content (AvgIpc) is 3.80. The molecule has 6 aromatic rings. The first-order valence-corrected chi connectivity index (χ1v) is 17.4. The van der Waals surface area contributed by atoms with E-state index in [1.807, 2.05) is 42.8 Å². The number of nitrogens with zero attached hydrogens (tertiary/aromatic N) is 4. The molecule has 3 N–H and O–H groups in total. The van der Waals surface area contributed by atoms with Gasteiger partial charge in [-0.2, -0.15) is 5.10 Å². The molecular weight excluding hydrogens is 649 g/mol. The van der Waals surface area contributed by atoms with E-state index in [0.717, 1.165) is 98.2 Å². The van der Waals surface area contributed by atoms with Crippen molar-refractivity contribution >= 4 is 50.6 Å². The Hall–Kier alpha value is -4.25. The highest BCUT2D eigenvalue weighted by Crippen LogP contribution is 2.43. The number of aromatic nitrogens is 4. The number of halogens is 2. The summed E-state index contributed by atoms with van der Waals surface area (Å²) in [6.45, 7) is 5.64. The van der Waals surface area contributed by atoms with Crippen LogP contribution in [0.25, 0.3) is 32.8 Å². The van der Waals surface area contributed by atoms with Crippen molar-refractivity contribution in [3.8, 4) is 16.9 Å². The second-order valence-corrected chi connectivity index (χ2v) is 14.1. The van der Waals surface area contributed by atoms with Crippen LogP contribution >= 0.6 is 22.9 Å². The molecule has 3 aromatic heterocycles. The van der Waals surface area contributed by atoms with Gasteiger partial charge in [-0.25, -0.2) is 14.2 Å². The Morgan fingerprint density at radius 3 is 2.67 bits per heavy atom. The Kier molecular flexibility index (Phi) is 8.74. The fraction of sp³-hybridized carbons (Fsp3) is 0.324. The molecule has 1 aliphatic heterocycles. The first kappa shape index (κ1) is 32.3. The van der Waals surface area contributed by atoms with E-state index in [9.17, 15) is 14.3 Å². The van der Waals surface area contributed by atoms with E-state index in [1.54, 1.807) is 29.0 Å². The molecule has 1 aliphatic rings.